The normalized spacial score (nSPS) is 45.7. The molecule has 9 atom stereocenters. The number of hydrogen-bond donors (Lipinski definition) is 0. The maximum Gasteiger partial charge on any atom is 0.0636 e. The maximum absolute atomic E-state index is 6.71. The molecule has 0 saturated heterocycles. The van der Waals surface area contributed by atoms with Crippen LogP contribution in [0.1, 0.15) is 140 Å². The van der Waals surface area contributed by atoms with Crippen LogP contribution in [0, 0.1) is 51.2 Å². The van der Waals surface area contributed by atoms with Crippen LogP contribution in [0.3, 0.4) is 0 Å². The summed E-state index contributed by atoms with van der Waals surface area (Å²) < 4.78 is 6.71. The third kappa shape index (κ3) is 4.51. The third-order valence-corrected chi connectivity index (χ3v) is 12.8. The van der Waals surface area contributed by atoms with Gasteiger partial charge in [-0.2, -0.15) is 0 Å². The highest BCUT2D eigenvalue weighted by Gasteiger charge is 2.67. The molecule has 202 valence electrons. The highest BCUT2D eigenvalue weighted by atomic mass is 16.5. The summed E-state index contributed by atoms with van der Waals surface area (Å²) in [6.45, 7) is 27.2. The van der Waals surface area contributed by atoms with E-state index in [-0.39, 0.29) is 11.0 Å². The summed E-state index contributed by atoms with van der Waals surface area (Å²) >= 11 is 0. The molecule has 35 heavy (non-hydrogen) atoms. The van der Waals surface area contributed by atoms with E-state index in [1.165, 1.54) is 69.8 Å². The topological polar surface area (TPSA) is 9.23 Å². The SMILES string of the molecule is CC(C)=CCCC(C)C1CCC2(C)C3CCC4C(C)(C)C(OC(C)(C)C)CCC4(C)C3CCC12C. The lowest BCUT2D eigenvalue weighted by Crippen LogP contribution is -2.62. The van der Waals surface area contributed by atoms with Crippen molar-refractivity contribution in [2.45, 2.75) is 152 Å². The minimum absolute atomic E-state index is 0.0474. The number of fused-ring (bicyclic) bond motifs is 5. The van der Waals surface area contributed by atoms with Crippen LogP contribution in [0.2, 0.25) is 0 Å². The fourth-order valence-corrected chi connectivity index (χ4v) is 10.9. The fourth-order valence-electron chi connectivity index (χ4n) is 10.9. The lowest BCUT2D eigenvalue weighted by Gasteiger charge is -2.68. The van der Waals surface area contributed by atoms with Crippen molar-refractivity contribution in [2.24, 2.45) is 51.2 Å². The summed E-state index contributed by atoms with van der Waals surface area (Å²) in [6.07, 6.45) is 16.9. The molecule has 0 bridgehead atoms. The highest BCUT2D eigenvalue weighted by molar-refractivity contribution is 5.16. The molecule has 0 aromatic rings. The number of allylic oxidation sites excluding steroid dienone is 2. The van der Waals surface area contributed by atoms with Gasteiger partial charge in [-0.1, -0.05) is 53.2 Å². The van der Waals surface area contributed by atoms with E-state index < -0.39 is 0 Å². The Morgan fingerprint density at radius 3 is 2.14 bits per heavy atom. The van der Waals surface area contributed by atoms with E-state index in [1.54, 1.807) is 0 Å². The number of ether oxygens (including phenoxy) is 1. The van der Waals surface area contributed by atoms with Crippen molar-refractivity contribution < 1.29 is 4.74 Å². The summed E-state index contributed by atoms with van der Waals surface area (Å²) in [4.78, 5) is 0. The average molecular weight is 485 g/mol. The van der Waals surface area contributed by atoms with Crippen LogP contribution in [-0.2, 0) is 4.74 Å². The Balaban J connectivity index is 1.55. The van der Waals surface area contributed by atoms with E-state index in [1.807, 2.05) is 0 Å². The smallest absolute Gasteiger partial charge is 0.0636 e. The highest BCUT2D eigenvalue weighted by Crippen LogP contribution is 2.74. The Hall–Kier alpha value is -0.300. The first kappa shape index (κ1) is 27.7. The van der Waals surface area contributed by atoms with Gasteiger partial charge in [0.05, 0.1) is 11.7 Å². The van der Waals surface area contributed by atoms with Gasteiger partial charge < -0.3 is 4.74 Å². The molecule has 1 heteroatoms. The second-order valence-corrected chi connectivity index (χ2v) is 16.3. The van der Waals surface area contributed by atoms with E-state index in [4.69, 9.17) is 4.74 Å². The molecule has 0 aromatic heterocycles. The summed E-state index contributed by atoms with van der Waals surface area (Å²) in [6, 6.07) is 0. The Morgan fingerprint density at radius 1 is 0.857 bits per heavy atom. The molecule has 4 saturated carbocycles. The predicted molar refractivity (Wildman–Crippen MR) is 151 cm³/mol. The van der Waals surface area contributed by atoms with Gasteiger partial charge in [0.2, 0.25) is 0 Å². The molecule has 4 aliphatic rings. The monoisotopic (exact) mass is 484 g/mol. The quantitative estimate of drug-likeness (QED) is 0.353. The molecule has 9 unspecified atom stereocenters. The Morgan fingerprint density at radius 2 is 1.51 bits per heavy atom. The largest absolute Gasteiger partial charge is 0.372 e. The molecule has 0 heterocycles. The standard InChI is InChI=1S/C34H60O/c1-23(2)13-12-14-24(3)25-17-21-34(11)27-15-16-28-31(7,8)29(35-30(4,5)6)19-20-32(28,9)26(27)18-22-33(25,34)10/h13,24-29H,12,14-22H2,1-11H3. The van der Waals surface area contributed by atoms with Gasteiger partial charge in [-0.15, -0.1) is 0 Å². The fraction of sp³-hybridized carbons (Fsp3) is 0.941. The van der Waals surface area contributed by atoms with Crippen molar-refractivity contribution in [3.8, 4) is 0 Å². The second kappa shape index (κ2) is 9.17. The van der Waals surface area contributed by atoms with Gasteiger partial charge >= 0.3 is 0 Å². The van der Waals surface area contributed by atoms with Crippen molar-refractivity contribution in [3.05, 3.63) is 11.6 Å². The van der Waals surface area contributed by atoms with Crippen LogP contribution < -0.4 is 0 Å². The van der Waals surface area contributed by atoms with Crippen LogP contribution in [0.5, 0.6) is 0 Å². The Bertz CT molecular complexity index is 796. The van der Waals surface area contributed by atoms with Gasteiger partial charge in [0.25, 0.3) is 0 Å². The van der Waals surface area contributed by atoms with Crippen LogP contribution in [0.4, 0.5) is 0 Å². The molecule has 0 spiro atoms. The van der Waals surface area contributed by atoms with E-state index in [0.29, 0.717) is 22.3 Å². The first-order chi connectivity index (χ1) is 16.1. The lowest BCUT2D eigenvalue weighted by molar-refractivity contribution is -0.224. The molecular weight excluding hydrogens is 424 g/mol. The average Bonchev–Trinajstić information content (AvgIpc) is 3.01. The maximum atomic E-state index is 6.71. The van der Waals surface area contributed by atoms with Crippen molar-refractivity contribution in [2.75, 3.05) is 0 Å². The van der Waals surface area contributed by atoms with Crippen molar-refractivity contribution in [1.82, 2.24) is 0 Å². The lowest BCUT2D eigenvalue weighted by atomic mass is 9.38. The summed E-state index contributed by atoms with van der Waals surface area (Å²) in [5.41, 5.74) is 3.25. The van der Waals surface area contributed by atoms with Gasteiger partial charge in [-0.05, 0) is 150 Å². The summed E-state index contributed by atoms with van der Waals surface area (Å²) in [5.74, 6) is 4.40. The van der Waals surface area contributed by atoms with Crippen LogP contribution in [0.15, 0.2) is 11.6 Å². The van der Waals surface area contributed by atoms with Crippen molar-refractivity contribution in [3.63, 3.8) is 0 Å². The molecule has 4 aliphatic carbocycles. The van der Waals surface area contributed by atoms with E-state index >= 15 is 0 Å². The third-order valence-electron chi connectivity index (χ3n) is 12.8. The first-order valence-electron chi connectivity index (χ1n) is 15.4. The molecular formula is C34H60O. The second-order valence-electron chi connectivity index (χ2n) is 16.3. The molecule has 0 N–H and O–H groups in total. The molecule has 0 aromatic carbocycles. The zero-order valence-corrected chi connectivity index (χ0v) is 25.5. The molecule has 0 amide bonds. The van der Waals surface area contributed by atoms with Crippen LogP contribution >= 0.6 is 0 Å². The number of rotatable bonds is 5. The first-order valence-corrected chi connectivity index (χ1v) is 15.4. The zero-order valence-electron chi connectivity index (χ0n) is 25.5. The van der Waals surface area contributed by atoms with E-state index in [2.05, 4.69) is 82.2 Å². The van der Waals surface area contributed by atoms with Gasteiger partial charge in [-0.25, -0.2) is 0 Å². The van der Waals surface area contributed by atoms with E-state index in [0.717, 1.165) is 29.6 Å². The Kier molecular flexibility index (Phi) is 7.26. The van der Waals surface area contributed by atoms with E-state index in [9.17, 15) is 0 Å². The summed E-state index contributed by atoms with van der Waals surface area (Å²) in [5, 5.41) is 0. The van der Waals surface area contributed by atoms with Gasteiger partial charge in [-0.3, -0.25) is 0 Å². The van der Waals surface area contributed by atoms with Gasteiger partial charge in [0.15, 0.2) is 0 Å². The van der Waals surface area contributed by atoms with Crippen LogP contribution in [-0.4, -0.2) is 11.7 Å². The molecule has 0 radical (unpaired) electrons. The van der Waals surface area contributed by atoms with Crippen molar-refractivity contribution in [1.29, 1.82) is 0 Å². The van der Waals surface area contributed by atoms with Crippen LogP contribution in [0.25, 0.3) is 0 Å². The minimum atomic E-state index is -0.0474. The Labute approximate surface area is 219 Å². The molecule has 4 fully saturated rings. The van der Waals surface area contributed by atoms with Gasteiger partial charge in [0.1, 0.15) is 0 Å². The molecule has 0 aliphatic heterocycles. The van der Waals surface area contributed by atoms with Gasteiger partial charge in [0, 0.05) is 0 Å². The molecule has 4 rings (SSSR count). The number of hydrogen-bond acceptors (Lipinski definition) is 1. The minimum Gasteiger partial charge on any atom is -0.372 e. The zero-order chi connectivity index (χ0) is 26.0. The predicted octanol–water partition coefficient (Wildman–Crippen LogP) is 10.2. The van der Waals surface area contributed by atoms with Crippen molar-refractivity contribution >= 4 is 0 Å². The molecule has 1 nitrogen and oxygen atoms in total. The summed E-state index contributed by atoms with van der Waals surface area (Å²) in [7, 11) is 0.